The van der Waals surface area contributed by atoms with Crippen LogP contribution in [0.15, 0.2) is 54.6 Å². The van der Waals surface area contributed by atoms with Gasteiger partial charge in [-0.05, 0) is 43.2 Å². The number of thiazole rings is 1. The van der Waals surface area contributed by atoms with Crippen LogP contribution in [-0.2, 0) is 9.59 Å². The molecule has 0 radical (unpaired) electrons. The molecule has 0 spiro atoms. The molecule has 3 aromatic rings. The molecule has 6 heteroatoms. The summed E-state index contributed by atoms with van der Waals surface area (Å²) in [5.74, 6) is -0.626. The lowest BCUT2D eigenvalue weighted by molar-refractivity contribution is -0.123. The largest absolute Gasteiger partial charge is 0.341 e. The van der Waals surface area contributed by atoms with Crippen LogP contribution in [0.4, 0.5) is 5.13 Å². The molecule has 26 heavy (non-hydrogen) atoms. The van der Waals surface area contributed by atoms with Gasteiger partial charge in [0.1, 0.15) is 6.04 Å². The van der Waals surface area contributed by atoms with Crippen molar-refractivity contribution >= 4 is 44.6 Å². The Kier molecular flexibility index (Phi) is 5.43. The quantitative estimate of drug-likeness (QED) is 0.676. The maximum absolute atomic E-state index is 12.3. The first kappa shape index (κ1) is 17.8. The molecule has 0 aliphatic heterocycles. The highest BCUT2D eigenvalue weighted by molar-refractivity contribution is 7.22. The third-order valence-corrected chi connectivity index (χ3v) is 4.69. The number of aromatic nitrogens is 1. The number of nitrogens with one attached hydrogen (secondary N) is 2. The second-order valence-corrected chi connectivity index (χ2v) is 6.98. The van der Waals surface area contributed by atoms with E-state index in [9.17, 15) is 9.59 Å². The van der Waals surface area contributed by atoms with Crippen LogP contribution in [0.1, 0.15) is 18.1 Å². The molecule has 1 atom stereocenters. The topological polar surface area (TPSA) is 71.1 Å². The minimum absolute atomic E-state index is 0.303. The summed E-state index contributed by atoms with van der Waals surface area (Å²) in [6.45, 7) is 3.65. The number of aryl methyl sites for hydroxylation is 1. The van der Waals surface area contributed by atoms with E-state index in [0.717, 1.165) is 21.3 Å². The molecule has 1 heterocycles. The van der Waals surface area contributed by atoms with Crippen LogP contribution in [0.25, 0.3) is 16.3 Å². The number of nitrogens with zero attached hydrogens (tertiary/aromatic N) is 1. The molecule has 0 aliphatic rings. The van der Waals surface area contributed by atoms with Gasteiger partial charge >= 0.3 is 0 Å². The van der Waals surface area contributed by atoms with Crippen LogP contribution in [0.3, 0.4) is 0 Å². The van der Waals surface area contributed by atoms with Crippen molar-refractivity contribution in [2.45, 2.75) is 19.9 Å². The van der Waals surface area contributed by atoms with Gasteiger partial charge in [-0.1, -0.05) is 47.7 Å². The van der Waals surface area contributed by atoms with Gasteiger partial charge in [-0.25, -0.2) is 4.98 Å². The predicted octanol–water partition coefficient (Wildman–Crippen LogP) is 3.76. The van der Waals surface area contributed by atoms with Crippen LogP contribution in [0.5, 0.6) is 0 Å². The number of hydrogen-bond acceptors (Lipinski definition) is 4. The Bertz CT molecular complexity index is 964. The molecule has 0 aliphatic carbocycles. The fraction of sp³-hybridized carbons (Fsp3) is 0.150. The second-order valence-electron chi connectivity index (χ2n) is 5.95. The van der Waals surface area contributed by atoms with Gasteiger partial charge in [-0.15, -0.1) is 0 Å². The molecule has 0 saturated heterocycles. The average molecular weight is 365 g/mol. The van der Waals surface area contributed by atoms with Gasteiger partial charge in [0, 0.05) is 6.08 Å². The van der Waals surface area contributed by atoms with E-state index >= 15 is 0 Å². The minimum Gasteiger partial charge on any atom is -0.341 e. The molecule has 0 bridgehead atoms. The van der Waals surface area contributed by atoms with Gasteiger partial charge in [0.25, 0.3) is 0 Å². The molecule has 3 rings (SSSR count). The lowest BCUT2D eigenvalue weighted by atomic mass is 10.2. The van der Waals surface area contributed by atoms with Gasteiger partial charge in [0.05, 0.1) is 10.2 Å². The number of carbonyl (C=O) groups excluding carboxylic acids is 2. The van der Waals surface area contributed by atoms with Gasteiger partial charge in [0.15, 0.2) is 5.13 Å². The molecule has 2 aromatic carbocycles. The monoisotopic (exact) mass is 365 g/mol. The fourth-order valence-corrected chi connectivity index (χ4v) is 3.33. The van der Waals surface area contributed by atoms with E-state index in [1.165, 1.54) is 17.4 Å². The highest BCUT2D eigenvalue weighted by Crippen LogP contribution is 2.26. The molecule has 0 fully saturated rings. The Morgan fingerprint density at radius 1 is 1.15 bits per heavy atom. The van der Waals surface area contributed by atoms with Gasteiger partial charge < -0.3 is 10.6 Å². The molecule has 2 N–H and O–H groups in total. The lowest BCUT2D eigenvalue weighted by Crippen LogP contribution is -2.40. The van der Waals surface area contributed by atoms with E-state index < -0.39 is 6.04 Å². The van der Waals surface area contributed by atoms with E-state index in [0.29, 0.717) is 5.13 Å². The summed E-state index contributed by atoms with van der Waals surface area (Å²) in [6, 6.07) is 14.8. The molecule has 2 amide bonds. The normalized spacial score (nSPS) is 12.2. The van der Waals surface area contributed by atoms with Gasteiger partial charge in [0.2, 0.25) is 11.8 Å². The first-order chi connectivity index (χ1) is 12.5. The molecule has 1 unspecified atom stereocenters. The van der Waals surface area contributed by atoms with Gasteiger partial charge in [-0.3, -0.25) is 9.59 Å². The summed E-state index contributed by atoms with van der Waals surface area (Å²) < 4.78 is 1.02. The average Bonchev–Trinajstić information content (AvgIpc) is 3.02. The standard InChI is InChI=1S/C20H19N3O2S/c1-13-8-10-16-17(12-13)26-20(22-16)23-19(25)14(2)21-18(24)11-9-15-6-4-3-5-7-15/h3-12,14H,1-2H3,(H,21,24)(H,22,23,25)/b11-9+. The Labute approximate surface area is 155 Å². The van der Waals surface area contributed by atoms with E-state index in [2.05, 4.69) is 15.6 Å². The van der Waals surface area contributed by atoms with Crippen LogP contribution in [-0.4, -0.2) is 22.8 Å². The van der Waals surface area contributed by atoms with E-state index in [-0.39, 0.29) is 11.8 Å². The molecule has 132 valence electrons. The zero-order valence-corrected chi connectivity index (χ0v) is 15.3. The van der Waals surface area contributed by atoms with Crippen molar-refractivity contribution in [1.29, 1.82) is 0 Å². The smallest absolute Gasteiger partial charge is 0.248 e. The Morgan fingerprint density at radius 3 is 2.69 bits per heavy atom. The molecule has 5 nitrogen and oxygen atoms in total. The predicted molar refractivity (Wildman–Crippen MR) is 106 cm³/mol. The number of fused-ring (bicyclic) bond motifs is 1. The highest BCUT2D eigenvalue weighted by atomic mass is 32.1. The maximum Gasteiger partial charge on any atom is 0.248 e. The summed E-state index contributed by atoms with van der Waals surface area (Å²) in [5.41, 5.74) is 2.91. The fourth-order valence-electron chi connectivity index (χ4n) is 2.36. The van der Waals surface area contributed by atoms with Crippen molar-refractivity contribution < 1.29 is 9.59 Å². The highest BCUT2D eigenvalue weighted by Gasteiger charge is 2.16. The van der Waals surface area contributed by atoms with E-state index in [1.807, 2.05) is 55.5 Å². The Hall–Kier alpha value is -2.99. The minimum atomic E-state index is -0.670. The molecule has 0 saturated carbocycles. The number of carbonyl (C=O) groups is 2. The number of hydrogen-bond donors (Lipinski definition) is 2. The van der Waals surface area contributed by atoms with Crippen LogP contribution in [0, 0.1) is 6.92 Å². The van der Waals surface area contributed by atoms with Crippen LogP contribution >= 0.6 is 11.3 Å². The number of rotatable bonds is 5. The maximum atomic E-state index is 12.3. The lowest BCUT2D eigenvalue weighted by Gasteiger charge is -2.11. The summed E-state index contributed by atoms with van der Waals surface area (Å²) >= 11 is 1.41. The third kappa shape index (κ3) is 4.55. The molecule has 1 aromatic heterocycles. The van der Waals surface area contributed by atoms with Crippen molar-refractivity contribution in [3.8, 4) is 0 Å². The Balaban J connectivity index is 1.58. The van der Waals surface area contributed by atoms with Gasteiger partial charge in [-0.2, -0.15) is 0 Å². The SMILES string of the molecule is Cc1ccc2nc(NC(=O)C(C)NC(=O)/C=C/c3ccccc3)sc2c1. The molecular weight excluding hydrogens is 346 g/mol. The first-order valence-electron chi connectivity index (χ1n) is 8.23. The van der Waals surface area contributed by atoms with Crippen molar-refractivity contribution in [2.24, 2.45) is 0 Å². The first-order valence-corrected chi connectivity index (χ1v) is 9.04. The molecular formula is C20H19N3O2S. The summed E-state index contributed by atoms with van der Waals surface area (Å²) in [5, 5.41) is 5.94. The zero-order valence-electron chi connectivity index (χ0n) is 14.5. The summed E-state index contributed by atoms with van der Waals surface area (Å²) in [6.07, 6.45) is 3.12. The summed E-state index contributed by atoms with van der Waals surface area (Å²) in [7, 11) is 0. The zero-order chi connectivity index (χ0) is 18.5. The van der Waals surface area contributed by atoms with E-state index in [4.69, 9.17) is 0 Å². The summed E-state index contributed by atoms with van der Waals surface area (Å²) in [4.78, 5) is 28.6. The third-order valence-electron chi connectivity index (χ3n) is 3.75. The Morgan fingerprint density at radius 2 is 1.92 bits per heavy atom. The number of amides is 2. The number of benzene rings is 2. The van der Waals surface area contributed by atoms with Crippen LogP contribution in [0.2, 0.25) is 0 Å². The van der Waals surface area contributed by atoms with Crippen molar-refractivity contribution in [2.75, 3.05) is 5.32 Å². The van der Waals surface area contributed by atoms with Crippen molar-refractivity contribution in [3.05, 3.63) is 65.7 Å². The number of anilines is 1. The van der Waals surface area contributed by atoms with Crippen molar-refractivity contribution in [3.63, 3.8) is 0 Å². The van der Waals surface area contributed by atoms with E-state index in [1.54, 1.807) is 13.0 Å². The van der Waals surface area contributed by atoms with Crippen LogP contribution < -0.4 is 10.6 Å². The second kappa shape index (κ2) is 7.93. The van der Waals surface area contributed by atoms with Crippen molar-refractivity contribution in [1.82, 2.24) is 10.3 Å².